The highest BCUT2D eigenvalue weighted by Gasteiger charge is 2.69. The lowest BCUT2D eigenvalue weighted by atomic mass is 9.34. The summed E-state index contributed by atoms with van der Waals surface area (Å²) in [6, 6.07) is 2.17. The molecule has 0 aromatic heterocycles. The van der Waals surface area contributed by atoms with Crippen molar-refractivity contribution in [2.75, 3.05) is 0 Å². The van der Waals surface area contributed by atoms with E-state index in [1.807, 2.05) is 26.0 Å². The highest BCUT2D eigenvalue weighted by Crippen LogP contribution is 2.74. The summed E-state index contributed by atoms with van der Waals surface area (Å²) in [4.78, 5) is 39.6. The van der Waals surface area contributed by atoms with Crippen LogP contribution in [-0.4, -0.2) is 22.6 Å². The third-order valence-electron chi connectivity index (χ3n) is 12.5. The second kappa shape index (κ2) is 7.67. The summed E-state index contributed by atoms with van der Waals surface area (Å²) in [5.41, 5.74) is -0.708. The van der Waals surface area contributed by atoms with Gasteiger partial charge in [-0.25, -0.2) is 0 Å². The van der Waals surface area contributed by atoms with E-state index in [1.165, 1.54) is 0 Å². The van der Waals surface area contributed by atoms with Crippen molar-refractivity contribution in [3.8, 4) is 6.07 Å². The van der Waals surface area contributed by atoms with Gasteiger partial charge in [0, 0.05) is 16.7 Å². The van der Waals surface area contributed by atoms with E-state index in [2.05, 4.69) is 40.7 Å². The van der Waals surface area contributed by atoms with Crippen molar-refractivity contribution in [1.82, 2.24) is 0 Å². The topological polar surface area (TPSA) is 95.2 Å². The van der Waals surface area contributed by atoms with E-state index in [9.17, 15) is 24.8 Å². The van der Waals surface area contributed by atoms with Crippen LogP contribution in [0.25, 0.3) is 0 Å². The van der Waals surface area contributed by atoms with E-state index in [0.717, 1.165) is 50.5 Å². The number of aliphatic carboxylic acids is 1. The van der Waals surface area contributed by atoms with Crippen molar-refractivity contribution < 1.29 is 19.5 Å². The SMILES string of the molecule is CC1(C)CC[C@]2(CC(=O)O)CC[C@]3(C)[C@H](C(=O)C=C4[C@@]5(C)C=C(C#N)C(=O)C(C)(C)[C@@H]5CC[C@]43C)[C@@H]2C1. The van der Waals surface area contributed by atoms with E-state index >= 15 is 0 Å². The molecule has 5 aliphatic rings. The van der Waals surface area contributed by atoms with Crippen LogP contribution >= 0.6 is 0 Å². The number of carbonyl (C=O) groups excluding carboxylic acids is 2. The van der Waals surface area contributed by atoms with Crippen LogP contribution in [-0.2, 0) is 14.4 Å². The molecule has 0 saturated heterocycles. The number of nitriles is 1. The van der Waals surface area contributed by atoms with Gasteiger partial charge in [-0.1, -0.05) is 60.1 Å². The summed E-state index contributed by atoms with van der Waals surface area (Å²) in [6.07, 6.45) is 10.1. The molecular formula is C32H43NO4. The Labute approximate surface area is 221 Å². The van der Waals surface area contributed by atoms with Gasteiger partial charge in [0.05, 0.1) is 12.0 Å². The number of ketones is 2. The fraction of sp³-hybridized carbons (Fsp3) is 0.750. The summed E-state index contributed by atoms with van der Waals surface area (Å²) in [7, 11) is 0. The van der Waals surface area contributed by atoms with Crippen LogP contribution in [0.15, 0.2) is 23.3 Å². The molecule has 5 nitrogen and oxygen atoms in total. The van der Waals surface area contributed by atoms with Crippen molar-refractivity contribution >= 4 is 17.5 Å². The fourth-order valence-electron chi connectivity index (χ4n) is 10.3. The Morgan fingerprint density at radius 3 is 2.30 bits per heavy atom. The zero-order valence-electron chi connectivity index (χ0n) is 23.7. The maximum Gasteiger partial charge on any atom is 0.303 e. The predicted molar refractivity (Wildman–Crippen MR) is 141 cm³/mol. The molecule has 0 unspecified atom stereocenters. The molecule has 0 amide bonds. The Kier molecular flexibility index (Phi) is 5.47. The number of carbonyl (C=O) groups is 3. The third kappa shape index (κ3) is 3.29. The Morgan fingerprint density at radius 2 is 1.68 bits per heavy atom. The van der Waals surface area contributed by atoms with Crippen molar-refractivity contribution in [3.05, 3.63) is 23.3 Å². The first kappa shape index (κ1) is 26.4. The lowest BCUT2D eigenvalue weighted by Crippen LogP contribution is -2.65. The van der Waals surface area contributed by atoms with E-state index in [4.69, 9.17) is 0 Å². The van der Waals surface area contributed by atoms with E-state index in [-0.39, 0.29) is 63.0 Å². The lowest BCUT2D eigenvalue weighted by molar-refractivity contribution is -0.177. The van der Waals surface area contributed by atoms with Crippen LogP contribution in [0.1, 0.15) is 99.8 Å². The molecule has 37 heavy (non-hydrogen) atoms. The minimum Gasteiger partial charge on any atom is -0.481 e. The zero-order valence-corrected chi connectivity index (χ0v) is 23.7. The molecule has 3 fully saturated rings. The molecular weight excluding hydrogens is 462 g/mol. The smallest absolute Gasteiger partial charge is 0.303 e. The van der Waals surface area contributed by atoms with Gasteiger partial charge < -0.3 is 5.11 Å². The van der Waals surface area contributed by atoms with Gasteiger partial charge in [0.2, 0.25) is 0 Å². The molecule has 200 valence electrons. The standard InChI is InChI=1S/C32H43NO4/c1-27(2)10-12-32(17-24(35)36)13-11-31(7)25(20(32)16-27)21(34)14-23-29(5)15-19(18-33)26(37)28(3,4)22(29)8-9-30(23,31)6/h14-15,20,22,25H,8-13,16-17H2,1-7H3,(H,35,36)/t20-,22-,25-,29-,30+,31+,32+/m0/s1. The van der Waals surface area contributed by atoms with Gasteiger partial charge in [-0.2, -0.15) is 5.26 Å². The van der Waals surface area contributed by atoms with Crippen LogP contribution in [0.3, 0.4) is 0 Å². The molecule has 7 atom stereocenters. The molecule has 1 N–H and O–H groups in total. The molecule has 3 saturated carbocycles. The van der Waals surface area contributed by atoms with E-state index < -0.39 is 16.8 Å². The van der Waals surface area contributed by atoms with Crippen molar-refractivity contribution in [3.63, 3.8) is 0 Å². The largest absolute Gasteiger partial charge is 0.481 e. The van der Waals surface area contributed by atoms with Gasteiger partial charge in [-0.05, 0) is 84.5 Å². The number of carboxylic acids is 1. The Morgan fingerprint density at radius 1 is 1.03 bits per heavy atom. The third-order valence-corrected chi connectivity index (χ3v) is 12.5. The number of Topliss-reactive ketones (excluding diaryl/α,β-unsaturated/α-hetero) is 1. The molecule has 0 heterocycles. The molecule has 0 bridgehead atoms. The van der Waals surface area contributed by atoms with Crippen LogP contribution < -0.4 is 0 Å². The summed E-state index contributed by atoms with van der Waals surface area (Å²) >= 11 is 0. The molecule has 0 aliphatic heterocycles. The summed E-state index contributed by atoms with van der Waals surface area (Å²) in [5.74, 6) is -0.834. The molecule has 0 aromatic carbocycles. The molecule has 0 radical (unpaired) electrons. The molecule has 0 spiro atoms. The predicted octanol–water partition coefficient (Wildman–Crippen LogP) is 6.68. The highest BCUT2D eigenvalue weighted by atomic mass is 16.4. The van der Waals surface area contributed by atoms with Gasteiger partial charge >= 0.3 is 5.97 Å². The first-order valence-electron chi connectivity index (χ1n) is 14.1. The maximum absolute atomic E-state index is 14.3. The number of allylic oxidation sites excluding steroid dienone is 4. The fourth-order valence-corrected chi connectivity index (χ4v) is 10.3. The monoisotopic (exact) mass is 505 g/mol. The van der Waals surface area contributed by atoms with Gasteiger partial charge in [0.15, 0.2) is 11.6 Å². The number of hydrogen-bond acceptors (Lipinski definition) is 4. The Hall–Kier alpha value is -2.22. The van der Waals surface area contributed by atoms with Crippen molar-refractivity contribution in [2.45, 2.75) is 99.8 Å². The summed E-state index contributed by atoms with van der Waals surface area (Å²) in [5, 5.41) is 19.8. The van der Waals surface area contributed by atoms with E-state index in [0.29, 0.717) is 0 Å². The number of fused-ring (bicyclic) bond motifs is 7. The van der Waals surface area contributed by atoms with Crippen LogP contribution in [0.5, 0.6) is 0 Å². The number of carboxylic acid groups (broad SMARTS) is 1. The molecule has 0 aromatic rings. The van der Waals surface area contributed by atoms with Gasteiger partial charge in [0.1, 0.15) is 6.07 Å². The average Bonchev–Trinajstić information content (AvgIpc) is 2.78. The number of hydrogen-bond donors (Lipinski definition) is 1. The van der Waals surface area contributed by atoms with Gasteiger partial charge in [-0.3, -0.25) is 14.4 Å². The normalized spacial score (nSPS) is 45.7. The molecule has 5 heteroatoms. The highest BCUT2D eigenvalue weighted by molar-refractivity contribution is 6.04. The van der Waals surface area contributed by atoms with Crippen LogP contribution in [0.2, 0.25) is 0 Å². The van der Waals surface area contributed by atoms with Crippen molar-refractivity contribution in [2.24, 2.45) is 50.2 Å². The second-order valence-electron chi connectivity index (χ2n) is 15.2. The second-order valence-corrected chi connectivity index (χ2v) is 15.2. The van der Waals surface area contributed by atoms with E-state index in [1.54, 1.807) is 0 Å². The Balaban J connectivity index is 1.69. The maximum atomic E-state index is 14.3. The summed E-state index contributed by atoms with van der Waals surface area (Å²) < 4.78 is 0. The van der Waals surface area contributed by atoms with Gasteiger partial charge in [-0.15, -0.1) is 0 Å². The quantitative estimate of drug-likeness (QED) is 0.451. The first-order valence-corrected chi connectivity index (χ1v) is 14.1. The first-order chi connectivity index (χ1) is 17.0. The molecule has 5 rings (SSSR count). The summed E-state index contributed by atoms with van der Waals surface area (Å²) in [6.45, 7) is 15.2. The minimum absolute atomic E-state index is 0.0279. The Bertz CT molecular complexity index is 1200. The van der Waals surface area contributed by atoms with Gasteiger partial charge in [0.25, 0.3) is 0 Å². The molecule has 5 aliphatic carbocycles. The minimum atomic E-state index is -0.754. The zero-order chi connectivity index (χ0) is 27.4. The number of nitrogens with zero attached hydrogens (tertiary/aromatic N) is 1. The number of rotatable bonds is 2. The van der Waals surface area contributed by atoms with Crippen LogP contribution in [0.4, 0.5) is 0 Å². The average molecular weight is 506 g/mol. The van der Waals surface area contributed by atoms with Crippen molar-refractivity contribution in [1.29, 1.82) is 5.26 Å². The van der Waals surface area contributed by atoms with Crippen LogP contribution in [0, 0.1) is 61.6 Å². The lowest BCUT2D eigenvalue weighted by Gasteiger charge is -2.69.